The molecule has 2 heterocycles. The molecule has 2 nitrogen and oxygen atoms in total. The number of para-hydroxylation sites is 3. The summed E-state index contributed by atoms with van der Waals surface area (Å²) in [5.74, 6) is 0. The minimum absolute atomic E-state index is 1.14. The summed E-state index contributed by atoms with van der Waals surface area (Å²) in [4.78, 5) is 0. The fourth-order valence-electron chi connectivity index (χ4n) is 9.54. The van der Waals surface area contributed by atoms with Crippen molar-refractivity contribution in [1.29, 1.82) is 0 Å². The number of hydrogen-bond donors (Lipinski definition) is 0. The Labute approximate surface area is 333 Å². The van der Waals surface area contributed by atoms with E-state index in [0.717, 1.165) is 11.4 Å². The van der Waals surface area contributed by atoms with Gasteiger partial charge in [0.15, 0.2) is 8.07 Å². The minimum Gasteiger partial charge on any atom is -0.309 e. The summed E-state index contributed by atoms with van der Waals surface area (Å²) in [7, 11) is -3.03. The van der Waals surface area contributed by atoms with Gasteiger partial charge in [-0.1, -0.05) is 188 Å². The molecule has 0 aliphatic rings. The second kappa shape index (κ2) is 13.5. The molecular weight excluding hydrogens is 705 g/mol. The van der Waals surface area contributed by atoms with Gasteiger partial charge in [0.05, 0.1) is 22.1 Å². The molecule has 0 fully saturated rings. The molecule has 57 heavy (non-hydrogen) atoms. The molecule has 11 rings (SSSR count). The van der Waals surface area contributed by atoms with Crippen LogP contribution in [-0.2, 0) is 0 Å². The minimum atomic E-state index is -3.03. The van der Waals surface area contributed by atoms with Gasteiger partial charge >= 0.3 is 0 Å². The van der Waals surface area contributed by atoms with Gasteiger partial charge in [0.2, 0.25) is 0 Å². The van der Waals surface area contributed by atoms with Gasteiger partial charge in [-0.05, 0) is 74.3 Å². The van der Waals surface area contributed by atoms with Crippen LogP contribution in [0.3, 0.4) is 0 Å². The molecule has 0 bridgehead atoms. The Bertz CT molecular complexity index is 3110. The second-order valence-electron chi connectivity index (χ2n) is 14.8. The van der Waals surface area contributed by atoms with Gasteiger partial charge < -0.3 is 9.13 Å². The predicted octanol–water partition coefficient (Wildman–Crippen LogP) is 10.9. The lowest BCUT2D eigenvalue weighted by Gasteiger charge is -2.36. The molecule has 0 N–H and O–H groups in total. The molecular formula is C54H38N2Si. The maximum atomic E-state index is 2.51. The van der Waals surface area contributed by atoms with E-state index in [1.54, 1.807) is 0 Å². The van der Waals surface area contributed by atoms with E-state index in [9.17, 15) is 0 Å². The Balaban J connectivity index is 1.32. The monoisotopic (exact) mass is 742 g/mol. The lowest BCUT2D eigenvalue weighted by atomic mass is 10.0. The maximum Gasteiger partial charge on any atom is 0.180 e. The third-order valence-corrected chi connectivity index (χ3v) is 16.7. The third kappa shape index (κ3) is 5.10. The Morgan fingerprint density at radius 1 is 0.298 bits per heavy atom. The highest BCUT2D eigenvalue weighted by Gasteiger charge is 2.45. The molecule has 0 aliphatic carbocycles. The standard InChI is InChI=1S/C54H38N2Si/c1-6-20-39(21-7-1)45-36-37-51-53(54(45)57(42-24-10-3-11-25-42,43-26-12-4-13-27-43)44-28-14-5-15-29-44)48-31-17-19-33-50(48)56(51)41-34-35-47-46-30-16-18-32-49(46)55(52(47)38-41)40-22-8-2-9-23-40/h1-38H. The lowest BCUT2D eigenvalue weighted by Crippen LogP contribution is -2.75. The van der Waals surface area contributed by atoms with Crippen LogP contribution in [0.15, 0.2) is 231 Å². The van der Waals surface area contributed by atoms with E-state index in [-0.39, 0.29) is 0 Å². The summed E-state index contributed by atoms with van der Waals surface area (Å²) in [5.41, 5.74) is 9.57. The van der Waals surface area contributed by atoms with Crippen LogP contribution in [0.5, 0.6) is 0 Å². The molecule has 0 saturated carbocycles. The average molecular weight is 743 g/mol. The summed E-state index contributed by atoms with van der Waals surface area (Å²) >= 11 is 0. The summed E-state index contributed by atoms with van der Waals surface area (Å²) in [6.45, 7) is 0. The van der Waals surface area contributed by atoms with Crippen molar-refractivity contribution >= 4 is 72.4 Å². The van der Waals surface area contributed by atoms with Crippen LogP contribution in [0.25, 0.3) is 66.1 Å². The molecule has 0 atom stereocenters. The van der Waals surface area contributed by atoms with E-state index < -0.39 is 8.07 Å². The number of fused-ring (bicyclic) bond motifs is 6. The summed E-state index contributed by atoms with van der Waals surface area (Å²) < 4.78 is 4.93. The molecule has 268 valence electrons. The molecule has 0 amide bonds. The zero-order valence-corrected chi connectivity index (χ0v) is 32.3. The van der Waals surface area contributed by atoms with Gasteiger partial charge in [-0.25, -0.2) is 0 Å². The van der Waals surface area contributed by atoms with Gasteiger partial charge in [0.1, 0.15) is 0 Å². The zero-order valence-electron chi connectivity index (χ0n) is 31.3. The van der Waals surface area contributed by atoms with Gasteiger partial charge in [-0.3, -0.25) is 0 Å². The van der Waals surface area contributed by atoms with Crippen LogP contribution in [0.4, 0.5) is 0 Å². The Kier molecular flexibility index (Phi) is 7.87. The van der Waals surface area contributed by atoms with Crippen molar-refractivity contribution in [3.63, 3.8) is 0 Å². The van der Waals surface area contributed by atoms with Crippen molar-refractivity contribution in [2.24, 2.45) is 0 Å². The van der Waals surface area contributed by atoms with Crippen molar-refractivity contribution in [2.45, 2.75) is 0 Å². The van der Waals surface area contributed by atoms with Crippen molar-refractivity contribution in [3.8, 4) is 22.5 Å². The highest BCUT2D eigenvalue weighted by Crippen LogP contribution is 2.38. The normalized spacial score (nSPS) is 11.9. The molecule has 0 saturated heterocycles. The fraction of sp³-hybridized carbons (Fsp3) is 0. The largest absolute Gasteiger partial charge is 0.309 e. The van der Waals surface area contributed by atoms with Gasteiger partial charge in [0, 0.05) is 32.9 Å². The maximum absolute atomic E-state index is 3.03. The van der Waals surface area contributed by atoms with Crippen LogP contribution in [-0.4, -0.2) is 17.2 Å². The SMILES string of the molecule is c1ccc(-c2ccc3c(c2[Si](c2ccccc2)(c2ccccc2)c2ccccc2)c2ccccc2n3-c2ccc3c4ccccc4n(-c4ccccc4)c3c2)cc1. The Hall–Kier alpha value is -7.20. The summed E-state index contributed by atoms with van der Waals surface area (Å²) in [6.07, 6.45) is 0. The third-order valence-electron chi connectivity index (χ3n) is 11.8. The molecule has 3 heteroatoms. The molecule has 9 aromatic carbocycles. The summed E-state index contributed by atoms with van der Waals surface area (Å²) in [6, 6.07) is 85.4. The van der Waals surface area contributed by atoms with Crippen LogP contribution in [0.1, 0.15) is 0 Å². The van der Waals surface area contributed by atoms with E-state index in [1.807, 2.05) is 0 Å². The van der Waals surface area contributed by atoms with Crippen molar-refractivity contribution in [3.05, 3.63) is 231 Å². The van der Waals surface area contributed by atoms with E-state index >= 15 is 0 Å². The Morgan fingerprint density at radius 2 is 0.754 bits per heavy atom. The van der Waals surface area contributed by atoms with E-state index in [0.29, 0.717) is 0 Å². The van der Waals surface area contributed by atoms with Crippen molar-refractivity contribution in [2.75, 3.05) is 0 Å². The number of benzene rings is 9. The fourth-order valence-corrected chi connectivity index (χ4v) is 14.7. The highest BCUT2D eigenvalue weighted by molar-refractivity contribution is 7.21. The van der Waals surface area contributed by atoms with Gasteiger partial charge in [-0.2, -0.15) is 0 Å². The van der Waals surface area contributed by atoms with Gasteiger partial charge in [-0.15, -0.1) is 0 Å². The van der Waals surface area contributed by atoms with Gasteiger partial charge in [0.25, 0.3) is 0 Å². The zero-order chi connectivity index (χ0) is 37.8. The van der Waals surface area contributed by atoms with E-state index in [4.69, 9.17) is 0 Å². The summed E-state index contributed by atoms with van der Waals surface area (Å²) in [5, 5.41) is 10.5. The van der Waals surface area contributed by atoms with Crippen LogP contribution < -0.4 is 20.7 Å². The lowest BCUT2D eigenvalue weighted by molar-refractivity contribution is 1.15. The van der Waals surface area contributed by atoms with E-state index in [2.05, 4.69) is 240 Å². The number of aromatic nitrogens is 2. The Morgan fingerprint density at radius 3 is 1.35 bits per heavy atom. The molecule has 0 radical (unpaired) electrons. The van der Waals surface area contributed by atoms with Crippen molar-refractivity contribution < 1.29 is 0 Å². The molecule has 2 aromatic heterocycles. The smallest absolute Gasteiger partial charge is 0.180 e. The first-order valence-electron chi connectivity index (χ1n) is 19.7. The highest BCUT2D eigenvalue weighted by atomic mass is 28.3. The topological polar surface area (TPSA) is 9.86 Å². The van der Waals surface area contributed by atoms with Crippen LogP contribution >= 0.6 is 0 Å². The second-order valence-corrected chi connectivity index (χ2v) is 18.6. The first kappa shape index (κ1) is 33.2. The van der Waals surface area contributed by atoms with Crippen molar-refractivity contribution in [1.82, 2.24) is 9.13 Å². The predicted molar refractivity (Wildman–Crippen MR) is 244 cm³/mol. The number of rotatable bonds is 7. The first-order valence-corrected chi connectivity index (χ1v) is 21.7. The quantitative estimate of drug-likeness (QED) is 0.114. The molecule has 0 spiro atoms. The first-order chi connectivity index (χ1) is 28.3. The van der Waals surface area contributed by atoms with Crippen LogP contribution in [0.2, 0.25) is 0 Å². The average Bonchev–Trinajstić information content (AvgIpc) is 3.81. The van der Waals surface area contributed by atoms with Crippen LogP contribution in [0, 0.1) is 0 Å². The number of hydrogen-bond acceptors (Lipinski definition) is 0. The molecule has 0 unspecified atom stereocenters. The number of nitrogens with zero attached hydrogens (tertiary/aromatic N) is 2. The molecule has 0 aliphatic heterocycles. The van der Waals surface area contributed by atoms with E-state index in [1.165, 1.54) is 75.5 Å². The molecule has 11 aromatic rings.